The third kappa shape index (κ3) is 6.56. The molecule has 0 radical (unpaired) electrons. The zero-order chi connectivity index (χ0) is 20.6. The number of para-hydroxylation sites is 1. The summed E-state index contributed by atoms with van der Waals surface area (Å²) in [6.45, 7) is 0.803. The van der Waals surface area contributed by atoms with Crippen LogP contribution in [-0.4, -0.2) is 52.8 Å². The second-order valence-electron chi connectivity index (χ2n) is 8.22. The average molecular weight is 405 g/mol. The number of fused-ring (bicyclic) bond motifs is 1. The number of aliphatic hydroxyl groups is 2. The Hall–Kier alpha value is -1.89. The van der Waals surface area contributed by atoms with Gasteiger partial charge in [-0.3, -0.25) is 4.79 Å². The van der Waals surface area contributed by atoms with Crippen LogP contribution >= 0.6 is 0 Å². The highest BCUT2D eigenvalue weighted by molar-refractivity contribution is 5.66. The van der Waals surface area contributed by atoms with E-state index in [2.05, 4.69) is 0 Å². The maximum absolute atomic E-state index is 10.7. The van der Waals surface area contributed by atoms with Crippen molar-refractivity contribution in [1.82, 2.24) is 0 Å². The fraction of sp³-hybridized carbons (Fsp3) is 0.609. The maximum Gasteiger partial charge on any atom is 0.303 e. The zero-order valence-electron chi connectivity index (χ0n) is 16.7. The van der Waals surface area contributed by atoms with Crippen LogP contribution in [-0.2, 0) is 9.53 Å². The summed E-state index contributed by atoms with van der Waals surface area (Å²) in [5.41, 5.74) is 0. The highest BCUT2D eigenvalue weighted by atomic mass is 16.5. The minimum Gasteiger partial charge on any atom is -0.491 e. The third-order valence-electron chi connectivity index (χ3n) is 6.07. The monoisotopic (exact) mass is 404 g/mol. The summed E-state index contributed by atoms with van der Waals surface area (Å²) in [7, 11) is 0. The number of aliphatic carboxylic acids is 1. The summed E-state index contributed by atoms with van der Waals surface area (Å²) in [6.07, 6.45) is 6.75. The molecule has 1 saturated heterocycles. The van der Waals surface area contributed by atoms with Gasteiger partial charge < -0.3 is 24.8 Å². The second-order valence-corrected chi connectivity index (χ2v) is 8.22. The molecule has 160 valence electrons. The molecule has 6 heteroatoms. The van der Waals surface area contributed by atoms with Crippen molar-refractivity contribution < 1.29 is 29.6 Å². The molecular weight excluding hydrogens is 372 g/mol. The van der Waals surface area contributed by atoms with E-state index >= 15 is 0 Å². The third-order valence-corrected chi connectivity index (χ3v) is 6.07. The Morgan fingerprint density at radius 3 is 2.83 bits per heavy atom. The van der Waals surface area contributed by atoms with E-state index in [1.807, 2.05) is 36.4 Å². The van der Waals surface area contributed by atoms with Gasteiger partial charge in [0.1, 0.15) is 18.5 Å². The molecule has 1 aromatic rings. The van der Waals surface area contributed by atoms with Gasteiger partial charge >= 0.3 is 5.97 Å². The van der Waals surface area contributed by atoms with Crippen molar-refractivity contribution in [3.8, 4) is 5.75 Å². The van der Waals surface area contributed by atoms with E-state index in [0.29, 0.717) is 31.1 Å². The van der Waals surface area contributed by atoms with Crippen molar-refractivity contribution in [1.29, 1.82) is 0 Å². The average Bonchev–Trinajstić information content (AvgIpc) is 2.87. The predicted molar refractivity (Wildman–Crippen MR) is 109 cm³/mol. The Balaban J connectivity index is 1.49. The van der Waals surface area contributed by atoms with Crippen LogP contribution in [0.5, 0.6) is 5.75 Å². The summed E-state index contributed by atoms with van der Waals surface area (Å²) in [5, 5.41) is 29.5. The molecule has 6 nitrogen and oxygen atoms in total. The minimum absolute atomic E-state index is 0.0295. The summed E-state index contributed by atoms with van der Waals surface area (Å²) >= 11 is 0. The first kappa shape index (κ1) is 21.8. The first-order chi connectivity index (χ1) is 14.0. The van der Waals surface area contributed by atoms with E-state index in [-0.39, 0.29) is 31.0 Å². The van der Waals surface area contributed by atoms with Gasteiger partial charge in [0, 0.05) is 25.4 Å². The second kappa shape index (κ2) is 10.8. The van der Waals surface area contributed by atoms with Gasteiger partial charge in [0.05, 0.1) is 12.2 Å². The molecule has 0 aromatic heterocycles. The first-order valence-corrected chi connectivity index (χ1v) is 10.6. The smallest absolute Gasteiger partial charge is 0.303 e. The Morgan fingerprint density at radius 1 is 1.28 bits per heavy atom. The fourth-order valence-electron chi connectivity index (χ4n) is 4.50. The molecule has 0 unspecified atom stereocenters. The molecule has 1 aliphatic carbocycles. The Morgan fingerprint density at radius 2 is 2.07 bits per heavy atom. The topological polar surface area (TPSA) is 96.2 Å². The molecule has 29 heavy (non-hydrogen) atoms. The number of carboxylic acids is 1. The number of hydrogen-bond acceptors (Lipinski definition) is 5. The zero-order valence-corrected chi connectivity index (χ0v) is 16.7. The lowest BCUT2D eigenvalue weighted by Gasteiger charge is -2.21. The molecule has 1 heterocycles. The van der Waals surface area contributed by atoms with Crippen LogP contribution in [0.25, 0.3) is 0 Å². The number of ether oxygens (including phenoxy) is 2. The predicted octanol–water partition coefficient (Wildman–Crippen LogP) is 3.03. The van der Waals surface area contributed by atoms with Crippen LogP contribution in [0.4, 0.5) is 0 Å². The Bertz CT molecular complexity index is 661. The molecule has 0 amide bonds. The minimum atomic E-state index is -0.750. The molecule has 1 saturated carbocycles. The van der Waals surface area contributed by atoms with Gasteiger partial charge in [-0.2, -0.15) is 0 Å². The van der Waals surface area contributed by atoms with Crippen molar-refractivity contribution in [2.45, 2.75) is 56.8 Å². The van der Waals surface area contributed by atoms with Crippen LogP contribution in [0.3, 0.4) is 0 Å². The molecule has 1 aromatic carbocycles. The molecule has 6 atom stereocenters. The van der Waals surface area contributed by atoms with Crippen molar-refractivity contribution in [2.75, 3.05) is 13.2 Å². The Labute approximate surface area is 172 Å². The van der Waals surface area contributed by atoms with E-state index in [1.54, 1.807) is 6.08 Å². The number of benzene rings is 1. The van der Waals surface area contributed by atoms with Gasteiger partial charge in [0.2, 0.25) is 0 Å². The van der Waals surface area contributed by atoms with Crippen molar-refractivity contribution in [2.24, 2.45) is 17.8 Å². The van der Waals surface area contributed by atoms with Gasteiger partial charge in [0.15, 0.2) is 0 Å². The van der Waals surface area contributed by atoms with E-state index in [4.69, 9.17) is 14.6 Å². The lowest BCUT2D eigenvalue weighted by molar-refractivity contribution is -0.137. The molecule has 0 bridgehead atoms. The molecule has 2 aliphatic rings. The standard InChI is InChI=1S/C23H32O6/c24-17(15-28-18-6-2-1-3-7-18)10-12-19-20-11-9-16(5-4-8-23(26)27)14-29-22(20)13-21(19)25/h1-3,6-7,10,12,16-17,19-22,24-25H,4-5,8-9,11,13-15H2,(H,26,27)/t16-,17-,19-,20-,21-,22+/m1/s1. The number of aliphatic hydroxyl groups excluding tert-OH is 2. The van der Waals surface area contributed by atoms with E-state index in [9.17, 15) is 15.0 Å². The van der Waals surface area contributed by atoms with Crippen LogP contribution < -0.4 is 4.74 Å². The van der Waals surface area contributed by atoms with Crippen molar-refractivity contribution in [3.63, 3.8) is 0 Å². The number of rotatable bonds is 9. The van der Waals surface area contributed by atoms with Gasteiger partial charge in [-0.05, 0) is 49.7 Å². The van der Waals surface area contributed by atoms with Gasteiger partial charge in [-0.15, -0.1) is 0 Å². The SMILES string of the molecule is O=C(O)CCC[C@@H]1CC[C@@H]2[C@@H](C=C[C@@H](O)COc3ccccc3)[C@H](O)C[C@@H]2OC1. The summed E-state index contributed by atoms with van der Waals surface area (Å²) < 4.78 is 11.7. The maximum atomic E-state index is 10.7. The van der Waals surface area contributed by atoms with Gasteiger partial charge in [-0.1, -0.05) is 30.4 Å². The van der Waals surface area contributed by atoms with Crippen LogP contribution in [0.2, 0.25) is 0 Å². The van der Waals surface area contributed by atoms with Crippen LogP contribution in [0.15, 0.2) is 42.5 Å². The van der Waals surface area contributed by atoms with Gasteiger partial charge in [-0.25, -0.2) is 0 Å². The highest BCUT2D eigenvalue weighted by Crippen LogP contribution is 2.42. The Kier molecular flexibility index (Phi) is 8.09. The van der Waals surface area contributed by atoms with Crippen LogP contribution in [0, 0.1) is 17.8 Å². The molecule has 3 rings (SSSR count). The van der Waals surface area contributed by atoms with E-state index in [0.717, 1.165) is 19.3 Å². The van der Waals surface area contributed by atoms with Crippen molar-refractivity contribution >= 4 is 5.97 Å². The summed E-state index contributed by atoms with van der Waals surface area (Å²) in [4.78, 5) is 10.7. The van der Waals surface area contributed by atoms with E-state index < -0.39 is 18.2 Å². The highest BCUT2D eigenvalue weighted by Gasteiger charge is 2.43. The lowest BCUT2D eigenvalue weighted by Crippen LogP contribution is -2.22. The lowest BCUT2D eigenvalue weighted by atomic mass is 9.86. The molecule has 3 N–H and O–H groups in total. The quantitative estimate of drug-likeness (QED) is 0.548. The fourth-order valence-corrected chi connectivity index (χ4v) is 4.50. The number of hydrogen-bond donors (Lipinski definition) is 3. The van der Waals surface area contributed by atoms with E-state index in [1.165, 1.54) is 0 Å². The first-order valence-electron chi connectivity index (χ1n) is 10.6. The molecule has 1 aliphatic heterocycles. The van der Waals surface area contributed by atoms with Gasteiger partial charge in [0.25, 0.3) is 0 Å². The molecular formula is C23H32O6. The molecule has 2 fully saturated rings. The number of carbonyl (C=O) groups is 1. The molecule has 0 spiro atoms. The number of carboxylic acid groups (broad SMARTS) is 1. The van der Waals surface area contributed by atoms with Crippen molar-refractivity contribution in [3.05, 3.63) is 42.5 Å². The summed E-state index contributed by atoms with van der Waals surface area (Å²) in [5.74, 6) is 0.537. The largest absolute Gasteiger partial charge is 0.491 e. The van der Waals surface area contributed by atoms with Crippen LogP contribution in [0.1, 0.15) is 38.5 Å². The summed E-state index contributed by atoms with van der Waals surface area (Å²) in [6, 6.07) is 9.36. The normalized spacial score (nSPS) is 30.6.